The summed E-state index contributed by atoms with van der Waals surface area (Å²) in [5.41, 5.74) is 1.32. The van der Waals surface area contributed by atoms with E-state index in [0.29, 0.717) is 36.7 Å². The van der Waals surface area contributed by atoms with Crippen molar-refractivity contribution in [1.82, 2.24) is 5.32 Å². The molecule has 1 spiro atoms. The van der Waals surface area contributed by atoms with Gasteiger partial charge in [-0.25, -0.2) is 0 Å². The molecule has 4 rings (SSSR count). The van der Waals surface area contributed by atoms with Crippen LogP contribution in [0.15, 0.2) is 29.3 Å². The highest BCUT2D eigenvalue weighted by molar-refractivity contribution is 14.0. The predicted molar refractivity (Wildman–Crippen MR) is 122 cm³/mol. The van der Waals surface area contributed by atoms with E-state index in [2.05, 4.69) is 15.6 Å². The highest BCUT2D eigenvalue weighted by Crippen LogP contribution is 2.62. The van der Waals surface area contributed by atoms with E-state index >= 15 is 0 Å². The van der Waals surface area contributed by atoms with Crippen LogP contribution in [0.1, 0.15) is 32.1 Å². The van der Waals surface area contributed by atoms with Crippen molar-refractivity contribution in [3.8, 4) is 5.75 Å². The minimum atomic E-state index is 0. The minimum absolute atomic E-state index is 0. The van der Waals surface area contributed by atoms with Gasteiger partial charge in [0.2, 0.25) is 0 Å². The average molecular weight is 501 g/mol. The van der Waals surface area contributed by atoms with Gasteiger partial charge in [0, 0.05) is 62.9 Å². The Morgan fingerprint density at radius 3 is 2.89 bits per heavy atom. The number of nitrogens with one attached hydrogen (secondary N) is 2. The lowest BCUT2D eigenvalue weighted by molar-refractivity contribution is -0.171. The highest BCUT2D eigenvalue weighted by Gasteiger charge is 2.66. The summed E-state index contributed by atoms with van der Waals surface area (Å²) in [5, 5.41) is 7.13. The number of halogens is 1. The van der Waals surface area contributed by atoms with Gasteiger partial charge in [-0.3, -0.25) is 4.99 Å². The van der Waals surface area contributed by atoms with E-state index in [1.54, 1.807) is 7.11 Å². The second-order valence-electron chi connectivity index (χ2n) is 7.87. The molecule has 2 saturated carbocycles. The van der Waals surface area contributed by atoms with Crippen LogP contribution in [-0.2, 0) is 9.47 Å². The van der Waals surface area contributed by atoms with Crippen molar-refractivity contribution in [2.24, 2.45) is 16.3 Å². The number of guanidine groups is 1. The predicted octanol–water partition coefficient (Wildman–Crippen LogP) is 3.66. The minimum Gasteiger partial charge on any atom is -0.493 e. The van der Waals surface area contributed by atoms with Gasteiger partial charge in [0.25, 0.3) is 0 Å². The number of rotatable bonds is 7. The van der Waals surface area contributed by atoms with Crippen molar-refractivity contribution in [1.29, 1.82) is 0 Å². The fraction of sp³-hybridized carbons (Fsp3) is 0.667. The molecular formula is C21H32IN3O3. The number of benzene rings is 1. The molecule has 3 aliphatic rings. The van der Waals surface area contributed by atoms with Gasteiger partial charge in [0.1, 0.15) is 5.75 Å². The van der Waals surface area contributed by atoms with Crippen LogP contribution in [0.5, 0.6) is 5.75 Å². The Hall–Kier alpha value is -1.06. The molecule has 0 amide bonds. The Morgan fingerprint density at radius 2 is 2.18 bits per heavy atom. The zero-order valence-electron chi connectivity index (χ0n) is 16.8. The maximum Gasteiger partial charge on any atom is 0.195 e. The number of fused-ring (bicyclic) bond motifs is 2. The lowest BCUT2D eigenvalue weighted by atomic mass is 9.46. The normalized spacial score (nSPS) is 27.2. The Labute approximate surface area is 184 Å². The van der Waals surface area contributed by atoms with E-state index in [1.807, 2.05) is 31.3 Å². The second-order valence-corrected chi connectivity index (χ2v) is 7.87. The van der Waals surface area contributed by atoms with Crippen LogP contribution < -0.4 is 15.4 Å². The smallest absolute Gasteiger partial charge is 0.195 e. The summed E-state index contributed by atoms with van der Waals surface area (Å²) in [6.45, 7) is 2.27. The van der Waals surface area contributed by atoms with Gasteiger partial charge in [0.05, 0.1) is 12.7 Å². The first-order chi connectivity index (χ1) is 13.3. The monoisotopic (exact) mass is 501 g/mol. The molecular weight excluding hydrogens is 469 g/mol. The standard InChI is InChI=1S/C21H31N3O3.HI/c1-22-20(23-15-6-3-7-16(14-15)26-12-5-11-25-2)24-18-17-8-13-27-19(17)21(18)9-4-10-21;/h3,6-7,14,17-19H,4-5,8-13H2,1-2H3,(H2,22,23,24);1H. The van der Waals surface area contributed by atoms with Crippen LogP contribution in [-0.4, -0.2) is 52.1 Å². The van der Waals surface area contributed by atoms with Crippen LogP contribution in [0, 0.1) is 11.3 Å². The molecule has 156 valence electrons. The summed E-state index contributed by atoms with van der Waals surface area (Å²) in [7, 11) is 3.54. The fourth-order valence-corrected chi connectivity index (χ4v) is 4.95. The number of anilines is 1. The first-order valence-corrected chi connectivity index (χ1v) is 10.1. The SMILES string of the molecule is CN=C(Nc1cccc(OCCCOC)c1)NC1C2CCOC2C12CCC2.I. The number of hydrogen-bond acceptors (Lipinski definition) is 4. The first kappa shape index (κ1) is 21.6. The van der Waals surface area contributed by atoms with Crippen molar-refractivity contribution in [2.45, 2.75) is 44.2 Å². The number of ether oxygens (including phenoxy) is 3. The molecule has 28 heavy (non-hydrogen) atoms. The third-order valence-electron chi connectivity index (χ3n) is 6.41. The third-order valence-corrected chi connectivity index (χ3v) is 6.41. The largest absolute Gasteiger partial charge is 0.493 e. The summed E-state index contributed by atoms with van der Waals surface area (Å²) in [4.78, 5) is 4.46. The molecule has 1 aromatic rings. The molecule has 3 fully saturated rings. The Morgan fingerprint density at radius 1 is 1.32 bits per heavy atom. The van der Waals surface area contributed by atoms with Crippen LogP contribution >= 0.6 is 24.0 Å². The first-order valence-electron chi connectivity index (χ1n) is 10.1. The van der Waals surface area contributed by atoms with Gasteiger partial charge < -0.3 is 24.8 Å². The van der Waals surface area contributed by atoms with Crippen molar-refractivity contribution in [3.63, 3.8) is 0 Å². The molecule has 1 aromatic carbocycles. The number of methoxy groups -OCH3 is 1. The van der Waals surface area contributed by atoms with Gasteiger partial charge in [-0.15, -0.1) is 24.0 Å². The van der Waals surface area contributed by atoms with Gasteiger partial charge in [-0.05, 0) is 31.4 Å². The van der Waals surface area contributed by atoms with Crippen molar-refractivity contribution in [2.75, 3.05) is 39.3 Å². The summed E-state index contributed by atoms with van der Waals surface area (Å²) in [5.74, 6) is 2.31. The third kappa shape index (κ3) is 4.11. The fourth-order valence-electron chi connectivity index (χ4n) is 4.95. The van der Waals surface area contributed by atoms with E-state index in [-0.39, 0.29) is 24.0 Å². The van der Waals surface area contributed by atoms with E-state index in [1.165, 1.54) is 19.3 Å². The summed E-state index contributed by atoms with van der Waals surface area (Å²) in [6, 6.07) is 8.50. The molecule has 3 unspecified atom stereocenters. The van der Waals surface area contributed by atoms with Gasteiger partial charge in [-0.1, -0.05) is 12.5 Å². The molecule has 0 aromatic heterocycles. The Bertz CT molecular complexity index is 681. The zero-order valence-corrected chi connectivity index (χ0v) is 19.1. The molecule has 0 radical (unpaired) electrons. The van der Waals surface area contributed by atoms with Crippen molar-refractivity contribution < 1.29 is 14.2 Å². The van der Waals surface area contributed by atoms with Gasteiger partial charge >= 0.3 is 0 Å². The van der Waals surface area contributed by atoms with E-state index in [4.69, 9.17) is 14.2 Å². The second kappa shape index (κ2) is 9.63. The Balaban J connectivity index is 0.00000225. The lowest BCUT2D eigenvalue weighted by Gasteiger charge is -2.63. The molecule has 6 nitrogen and oxygen atoms in total. The molecule has 2 N–H and O–H groups in total. The maximum atomic E-state index is 6.02. The average Bonchev–Trinajstić information content (AvgIpc) is 3.06. The molecule has 1 aliphatic heterocycles. The number of hydrogen-bond donors (Lipinski definition) is 2. The van der Waals surface area contributed by atoms with Crippen LogP contribution in [0.4, 0.5) is 5.69 Å². The molecule has 7 heteroatoms. The molecule has 1 saturated heterocycles. The molecule has 0 bridgehead atoms. The Kier molecular flexibility index (Phi) is 7.44. The number of nitrogens with zero attached hydrogens (tertiary/aromatic N) is 1. The van der Waals surface area contributed by atoms with Gasteiger partial charge in [0.15, 0.2) is 5.96 Å². The van der Waals surface area contributed by atoms with Crippen LogP contribution in [0.3, 0.4) is 0 Å². The van der Waals surface area contributed by atoms with E-state index in [9.17, 15) is 0 Å². The quantitative estimate of drug-likeness (QED) is 0.259. The zero-order chi connectivity index (χ0) is 18.7. The highest BCUT2D eigenvalue weighted by atomic mass is 127. The molecule has 2 aliphatic carbocycles. The van der Waals surface area contributed by atoms with Crippen LogP contribution in [0.2, 0.25) is 0 Å². The van der Waals surface area contributed by atoms with Crippen molar-refractivity contribution >= 4 is 35.6 Å². The summed E-state index contributed by atoms with van der Waals surface area (Å²) in [6.07, 6.45) is 6.36. The maximum absolute atomic E-state index is 6.02. The topological polar surface area (TPSA) is 64.1 Å². The molecule has 3 atom stereocenters. The summed E-state index contributed by atoms with van der Waals surface area (Å²) >= 11 is 0. The lowest BCUT2D eigenvalue weighted by Crippen LogP contribution is -2.72. The summed E-state index contributed by atoms with van der Waals surface area (Å²) < 4.78 is 16.9. The molecule has 1 heterocycles. The van der Waals surface area contributed by atoms with E-state index < -0.39 is 0 Å². The van der Waals surface area contributed by atoms with E-state index in [0.717, 1.165) is 36.8 Å². The van der Waals surface area contributed by atoms with Gasteiger partial charge in [-0.2, -0.15) is 0 Å². The number of aliphatic imine (C=N–C) groups is 1. The van der Waals surface area contributed by atoms with Crippen LogP contribution in [0.25, 0.3) is 0 Å². The van der Waals surface area contributed by atoms with Crippen molar-refractivity contribution in [3.05, 3.63) is 24.3 Å².